The largest absolute Gasteiger partial charge is 0.507 e. The summed E-state index contributed by atoms with van der Waals surface area (Å²) in [5.41, 5.74) is 2.24. The summed E-state index contributed by atoms with van der Waals surface area (Å²) in [6, 6.07) is 11.7. The molecule has 2 saturated heterocycles. The van der Waals surface area contributed by atoms with Gasteiger partial charge in [0.25, 0.3) is 11.7 Å². The number of benzene rings is 2. The summed E-state index contributed by atoms with van der Waals surface area (Å²) in [4.78, 5) is 30.2. The van der Waals surface area contributed by atoms with E-state index in [1.165, 1.54) is 0 Å². The fraction of sp³-hybridized carbons (Fsp3) is 0.385. The Hall–Kier alpha value is -2.87. The van der Waals surface area contributed by atoms with Crippen molar-refractivity contribution in [1.29, 1.82) is 0 Å². The predicted octanol–water partition coefficient (Wildman–Crippen LogP) is 3.42. The minimum atomic E-state index is -0.719. The van der Waals surface area contributed by atoms with Crippen molar-refractivity contribution in [3.05, 3.63) is 69.8 Å². The number of ether oxygens (including phenoxy) is 2. The third-order valence-corrected chi connectivity index (χ3v) is 6.87. The van der Waals surface area contributed by atoms with E-state index in [9.17, 15) is 14.7 Å². The summed E-state index contributed by atoms with van der Waals surface area (Å²) in [6.07, 6.45) is 0.784. The van der Waals surface area contributed by atoms with Crippen molar-refractivity contribution in [3.8, 4) is 5.75 Å². The summed E-state index contributed by atoms with van der Waals surface area (Å²) in [6.45, 7) is 5.81. The van der Waals surface area contributed by atoms with Gasteiger partial charge in [-0.1, -0.05) is 23.7 Å². The van der Waals surface area contributed by atoms with Crippen molar-refractivity contribution in [3.63, 3.8) is 0 Å². The van der Waals surface area contributed by atoms with Gasteiger partial charge in [-0.2, -0.15) is 0 Å². The maximum Gasteiger partial charge on any atom is 0.295 e. The molecule has 0 radical (unpaired) electrons. The molecule has 0 unspecified atom stereocenters. The average molecular weight is 483 g/mol. The first kappa shape index (κ1) is 22.9. The van der Waals surface area contributed by atoms with Crippen molar-refractivity contribution in [2.24, 2.45) is 0 Å². The van der Waals surface area contributed by atoms with Crippen LogP contribution < -0.4 is 4.74 Å². The van der Waals surface area contributed by atoms with Gasteiger partial charge in [-0.25, -0.2) is 0 Å². The van der Waals surface area contributed by atoms with E-state index in [0.717, 1.165) is 30.8 Å². The van der Waals surface area contributed by atoms with Crippen LogP contribution in [-0.2, 0) is 20.7 Å². The molecule has 2 aromatic carbocycles. The Morgan fingerprint density at radius 1 is 1.12 bits per heavy atom. The van der Waals surface area contributed by atoms with E-state index in [-0.39, 0.29) is 17.4 Å². The minimum Gasteiger partial charge on any atom is -0.507 e. The Balaban J connectivity index is 1.53. The first-order chi connectivity index (χ1) is 16.4. The summed E-state index contributed by atoms with van der Waals surface area (Å²) in [5, 5.41) is 11.8. The maximum atomic E-state index is 13.2. The topological polar surface area (TPSA) is 79.3 Å². The van der Waals surface area contributed by atoms with E-state index >= 15 is 0 Å². The van der Waals surface area contributed by atoms with Crippen LogP contribution >= 0.6 is 11.6 Å². The molecule has 34 heavy (non-hydrogen) atoms. The van der Waals surface area contributed by atoms with E-state index in [1.807, 2.05) is 19.1 Å². The van der Waals surface area contributed by atoms with Gasteiger partial charge in [0.1, 0.15) is 17.6 Å². The summed E-state index contributed by atoms with van der Waals surface area (Å²) >= 11 is 6.26. The number of carbonyl (C=O) groups excluding carboxylic acids is 2. The number of nitrogens with zero attached hydrogens (tertiary/aromatic N) is 2. The summed E-state index contributed by atoms with van der Waals surface area (Å²) < 4.78 is 11.2. The highest BCUT2D eigenvalue weighted by Crippen LogP contribution is 2.41. The smallest absolute Gasteiger partial charge is 0.295 e. The van der Waals surface area contributed by atoms with Crippen LogP contribution in [0.3, 0.4) is 0 Å². The van der Waals surface area contributed by atoms with Gasteiger partial charge in [0.05, 0.1) is 24.8 Å². The van der Waals surface area contributed by atoms with E-state index < -0.39 is 17.7 Å². The van der Waals surface area contributed by atoms with E-state index in [1.54, 1.807) is 35.2 Å². The van der Waals surface area contributed by atoms with Crippen LogP contribution in [-0.4, -0.2) is 72.1 Å². The number of hydrogen-bond acceptors (Lipinski definition) is 6. The molecule has 1 N–H and O–H groups in total. The predicted molar refractivity (Wildman–Crippen MR) is 128 cm³/mol. The number of hydrogen-bond donors (Lipinski definition) is 1. The zero-order chi connectivity index (χ0) is 23.8. The Bertz CT molecular complexity index is 1160. The molecular formula is C26H27ClN2O5. The highest BCUT2D eigenvalue weighted by atomic mass is 35.5. The molecule has 2 fully saturated rings. The molecule has 178 valence electrons. The van der Waals surface area contributed by atoms with Crippen LogP contribution in [0.1, 0.15) is 29.7 Å². The number of likely N-dealkylation sites (tertiary alicyclic amines) is 1. The molecule has 3 aliphatic heterocycles. The highest BCUT2D eigenvalue weighted by Gasteiger charge is 2.46. The second-order valence-corrected chi connectivity index (χ2v) is 9.39. The van der Waals surface area contributed by atoms with E-state index in [4.69, 9.17) is 21.1 Å². The van der Waals surface area contributed by atoms with Crippen LogP contribution in [0.25, 0.3) is 5.76 Å². The van der Waals surface area contributed by atoms with Crippen molar-refractivity contribution in [2.45, 2.75) is 25.5 Å². The van der Waals surface area contributed by atoms with Gasteiger partial charge in [0, 0.05) is 43.2 Å². The van der Waals surface area contributed by atoms with Gasteiger partial charge in [-0.3, -0.25) is 14.5 Å². The van der Waals surface area contributed by atoms with Gasteiger partial charge >= 0.3 is 0 Å². The lowest BCUT2D eigenvalue weighted by Gasteiger charge is -2.31. The molecule has 0 aromatic heterocycles. The number of rotatable bonds is 5. The van der Waals surface area contributed by atoms with Gasteiger partial charge in [-0.15, -0.1) is 0 Å². The number of Topliss-reactive ketones (excluding diaryl/α,β-unsaturated/α-hetero) is 1. The lowest BCUT2D eigenvalue weighted by molar-refractivity contribution is -0.140. The number of ketones is 1. The number of aliphatic hydroxyl groups excluding tert-OH is 1. The molecule has 0 bridgehead atoms. The Labute approximate surface area is 203 Å². The molecule has 1 amide bonds. The molecule has 7 nitrogen and oxygen atoms in total. The zero-order valence-electron chi connectivity index (χ0n) is 19.0. The lowest BCUT2D eigenvalue weighted by Crippen LogP contribution is -2.42. The van der Waals surface area contributed by atoms with Crippen LogP contribution in [0, 0.1) is 0 Å². The van der Waals surface area contributed by atoms with Crippen LogP contribution in [0.2, 0.25) is 5.02 Å². The van der Waals surface area contributed by atoms with Crippen molar-refractivity contribution < 1.29 is 24.2 Å². The standard InChI is InChI=1S/C26H27ClN2O5/c1-16-13-19-14-18(5-6-21(19)34-16)24(30)22-23(17-3-2-4-20(27)15-17)29(26(32)25(22)31)8-7-28-9-11-33-12-10-28/h2-6,14-16,23,30H,7-13H2,1H3/t16-,23+/m0/s1. The van der Waals surface area contributed by atoms with Crippen molar-refractivity contribution >= 4 is 29.1 Å². The first-order valence-corrected chi connectivity index (χ1v) is 11.9. The van der Waals surface area contributed by atoms with Gasteiger partial charge in [-0.05, 0) is 48.4 Å². The Kier molecular flexibility index (Phi) is 6.34. The number of carbonyl (C=O) groups is 2. The molecule has 2 aromatic rings. The lowest BCUT2D eigenvalue weighted by atomic mass is 9.94. The third kappa shape index (κ3) is 4.31. The van der Waals surface area contributed by atoms with E-state index in [2.05, 4.69) is 4.90 Å². The molecule has 8 heteroatoms. The normalized spacial score (nSPS) is 24.4. The number of halogens is 1. The highest BCUT2D eigenvalue weighted by molar-refractivity contribution is 6.46. The summed E-state index contributed by atoms with van der Waals surface area (Å²) in [7, 11) is 0. The quantitative estimate of drug-likeness (QED) is 0.399. The summed E-state index contributed by atoms with van der Waals surface area (Å²) in [5.74, 6) is -0.701. The molecule has 0 aliphatic carbocycles. The van der Waals surface area contributed by atoms with Crippen LogP contribution in [0.5, 0.6) is 5.75 Å². The van der Waals surface area contributed by atoms with Gasteiger partial charge in [0.15, 0.2) is 0 Å². The van der Waals surface area contributed by atoms with Crippen molar-refractivity contribution in [2.75, 3.05) is 39.4 Å². The zero-order valence-corrected chi connectivity index (χ0v) is 19.8. The first-order valence-electron chi connectivity index (χ1n) is 11.6. The Morgan fingerprint density at radius 2 is 1.91 bits per heavy atom. The molecular weight excluding hydrogens is 456 g/mol. The van der Waals surface area contributed by atoms with Gasteiger partial charge < -0.3 is 19.5 Å². The number of morpholine rings is 1. The third-order valence-electron chi connectivity index (χ3n) is 6.63. The molecule has 3 heterocycles. The molecule has 5 rings (SSSR count). The Morgan fingerprint density at radius 3 is 2.68 bits per heavy atom. The monoisotopic (exact) mass is 482 g/mol. The minimum absolute atomic E-state index is 0.0598. The average Bonchev–Trinajstić information content (AvgIpc) is 3.33. The SMILES string of the molecule is C[C@H]1Cc2cc(C(O)=C3C(=O)C(=O)N(CCN4CCOCC4)[C@@H]3c3cccc(Cl)c3)ccc2O1. The van der Waals surface area contributed by atoms with Crippen LogP contribution in [0.4, 0.5) is 0 Å². The van der Waals surface area contributed by atoms with E-state index in [0.29, 0.717) is 42.5 Å². The molecule has 0 spiro atoms. The second-order valence-electron chi connectivity index (χ2n) is 8.96. The molecule has 2 atom stereocenters. The van der Waals surface area contributed by atoms with Gasteiger partial charge in [0.2, 0.25) is 0 Å². The maximum absolute atomic E-state index is 13.2. The number of fused-ring (bicyclic) bond motifs is 1. The fourth-order valence-electron chi connectivity index (χ4n) is 4.93. The number of amides is 1. The fourth-order valence-corrected chi connectivity index (χ4v) is 5.13. The van der Waals surface area contributed by atoms with Crippen LogP contribution in [0.15, 0.2) is 48.0 Å². The molecule has 3 aliphatic rings. The molecule has 0 saturated carbocycles. The second kappa shape index (κ2) is 9.41. The number of aliphatic hydroxyl groups is 1. The van der Waals surface area contributed by atoms with Crippen molar-refractivity contribution in [1.82, 2.24) is 9.80 Å².